The Balaban J connectivity index is 0.00000323. The predicted molar refractivity (Wildman–Crippen MR) is 164 cm³/mol. The number of para-hydroxylation sites is 3. The van der Waals surface area contributed by atoms with Crippen LogP contribution in [-0.2, 0) is 26.5 Å². The van der Waals surface area contributed by atoms with E-state index in [9.17, 15) is 5.11 Å². The fourth-order valence-corrected chi connectivity index (χ4v) is 7.36. The molecule has 0 aliphatic rings. The molecule has 0 spiro atoms. The quantitative estimate of drug-likeness (QED) is 0.160. The molecule has 0 radical (unpaired) electrons. The van der Waals surface area contributed by atoms with E-state index in [1.807, 2.05) is 42.5 Å². The Morgan fingerprint density at radius 1 is 0.775 bits per heavy atom. The van der Waals surface area contributed by atoms with Gasteiger partial charge in [-0.3, -0.25) is 9.55 Å². The summed E-state index contributed by atoms with van der Waals surface area (Å²) in [7, 11) is -2.11. The van der Waals surface area contributed by atoms with E-state index in [4.69, 9.17) is 9.97 Å². The molecule has 0 fully saturated rings. The number of pyridine rings is 2. The first kappa shape index (κ1) is 28.0. The van der Waals surface area contributed by atoms with Crippen LogP contribution in [0.2, 0.25) is 13.1 Å². The van der Waals surface area contributed by atoms with Crippen molar-refractivity contribution in [3.63, 3.8) is 0 Å². The summed E-state index contributed by atoms with van der Waals surface area (Å²) in [4.78, 5) is 10.5. The van der Waals surface area contributed by atoms with Gasteiger partial charge in [0.1, 0.15) is 19.5 Å². The Labute approximate surface area is 251 Å². The number of fused-ring (bicyclic) bond motifs is 3. The van der Waals surface area contributed by atoms with E-state index in [2.05, 4.69) is 93.0 Å². The third-order valence-corrected chi connectivity index (χ3v) is 10.8. The molecular weight excluding hydrogens is 690 g/mol. The molecule has 1 N–H and O–H groups in total. The molecule has 3 aromatic heterocycles. The summed E-state index contributed by atoms with van der Waals surface area (Å²) in [5.74, 6) is 0.217. The van der Waals surface area contributed by atoms with Gasteiger partial charge >= 0.3 is 0 Å². The van der Waals surface area contributed by atoms with Crippen molar-refractivity contribution in [2.75, 3.05) is 0 Å². The van der Waals surface area contributed by atoms with Crippen LogP contribution >= 0.6 is 0 Å². The largest absolute Gasteiger partial charge is 0.506 e. The topological polar surface area (TPSA) is 50.9 Å². The zero-order chi connectivity index (χ0) is 27.4. The molecule has 40 heavy (non-hydrogen) atoms. The van der Waals surface area contributed by atoms with Gasteiger partial charge in [0.05, 0.1) is 22.6 Å². The molecule has 204 valence electrons. The summed E-state index contributed by atoms with van der Waals surface area (Å²) in [5.41, 5.74) is 5.38. The van der Waals surface area contributed by atoms with Crippen molar-refractivity contribution in [3.8, 4) is 22.8 Å². The molecule has 0 saturated heterocycles. The van der Waals surface area contributed by atoms with Crippen LogP contribution in [0.5, 0.6) is 5.75 Å². The molecule has 0 bridgehead atoms. The van der Waals surface area contributed by atoms with E-state index in [1.54, 1.807) is 6.07 Å². The van der Waals surface area contributed by atoms with Crippen LogP contribution in [0.3, 0.4) is 0 Å². The Morgan fingerprint density at radius 2 is 1.50 bits per heavy atom. The monoisotopic (exact) mass is 721 g/mol. The molecule has 0 aliphatic carbocycles. The van der Waals surface area contributed by atoms with E-state index >= 15 is 0 Å². The number of aromatic hydroxyl groups is 1. The second-order valence-corrected chi connectivity index (χ2v) is 16.0. The molecule has 6 rings (SSSR count). The van der Waals surface area contributed by atoms with E-state index in [0.717, 1.165) is 38.6 Å². The Kier molecular flexibility index (Phi) is 7.32. The van der Waals surface area contributed by atoms with Crippen molar-refractivity contribution < 1.29 is 26.2 Å². The summed E-state index contributed by atoms with van der Waals surface area (Å²) < 4.78 is 2.05. The SMILES string of the molecule is CC(C)(C)c1cc(-c2ccc3c4ccccc4n(-c4ccccc4O)c3n2)nc([Si](C)(C)c2[c-]cccc2)c1.[Pt]. The number of aromatic nitrogens is 3. The number of rotatable bonds is 4. The van der Waals surface area contributed by atoms with Crippen molar-refractivity contribution >= 4 is 40.5 Å². The minimum atomic E-state index is -2.11. The van der Waals surface area contributed by atoms with Gasteiger partial charge in [0.15, 0.2) is 0 Å². The number of nitrogens with zero attached hydrogens (tertiary/aromatic N) is 3. The van der Waals surface area contributed by atoms with Gasteiger partial charge in [0, 0.05) is 37.2 Å². The zero-order valence-corrected chi connectivity index (χ0v) is 26.6. The van der Waals surface area contributed by atoms with Gasteiger partial charge in [0.25, 0.3) is 0 Å². The first-order valence-electron chi connectivity index (χ1n) is 13.3. The van der Waals surface area contributed by atoms with Crippen LogP contribution in [0.15, 0.2) is 97.1 Å². The first-order chi connectivity index (χ1) is 18.6. The molecule has 0 saturated carbocycles. The van der Waals surface area contributed by atoms with Crippen molar-refractivity contribution in [1.29, 1.82) is 0 Å². The maximum absolute atomic E-state index is 10.8. The third kappa shape index (κ3) is 4.82. The smallest absolute Gasteiger partial charge is 0.146 e. The molecule has 0 aliphatic heterocycles. The molecule has 6 aromatic rings. The Morgan fingerprint density at radius 3 is 2.23 bits per heavy atom. The maximum atomic E-state index is 10.8. The fraction of sp³-hybridized carbons (Fsp3) is 0.176. The molecular formula is C34H32N3OPtSi-. The van der Waals surface area contributed by atoms with Crippen molar-refractivity contribution in [2.24, 2.45) is 0 Å². The number of benzene rings is 3. The number of hydrogen-bond donors (Lipinski definition) is 1. The van der Waals surface area contributed by atoms with Crippen molar-refractivity contribution in [1.82, 2.24) is 14.5 Å². The Hall–Kier alpha value is -3.53. The van der Waals surface area contributed by atoms with E-state index in [-0.39, 0.29) is 32.2 Å². The van der Waals surface area contributed by atoms with Gasteiger partial charge in [-0.15, -0.1) is 0 Å². The normalized spacial score (nSPS) is 12.0. The minimum absolute atomic E-state index is 0. The van der Waals surface area contributed by atoms with Crippen LogP contribution in [0.4, 0.5) is 0 Å². The van der Waals surface area contributed by atoms with Gasteiger partial charge in [-0.25, -0.2) is 4.98 Å². The second kappa shape index (κ2) is 10.5. The van der Waals surface area contributed by atoms with E-state index in [1.165, 1.54) is 10.8 Å². The summed E-state index contributed by atoms with van der Waals surface area (Å²) in [5, 5.41) is 15.3. The van der Waals surface area contributed by atoms with Crippen molar-refractivity contribution in [2.45, 2.75) is 39.3 Å². The molecule has 0 amide bonds. The van der Waals surface area contributed by atoms with Gasteiger partial charge in [-0.2, -0.15) is 35.5 Å². The molecule has 3 aromatic carbocycles. The van der Waals surface area contributed by atoms with Gasteiger partial charge in [-0.05, 0) is 53.4 Å². The molecule has 0 atom stereocenters. The predicted octanol–water partition coefficient (Wildman–Crippen LogP) is 6.86. The van der Waals surface area contributed by atoms with Crippen LogP contribution < -0.4 is 10.5 Å². The second-order valence-electron chi connectivity index (χ2n) is 11.7. The summed E-state index contributed by atoms with van der Waals surface area (Å²) in [6.45, 7) is 11.4. The fourth-order valence-electron chi connectivity index (χ4n) is 5.21. The van der Waals surface area contributed by atoms with Crippen LogP contribution in [0.1, 0.15) is 26.3 Å². The zero-order valence-electron chi connectivity index (χ0n) is 23.3. The first-order valence-corrected chi connectivity index (χ1v) is 16.3. The summed E-state index contributed by atoms with van der Waals surface area (Å²) in [6, 6.07) is 36.1. The summed E-state index contributed by atoms with van der Waals surface area (Å²) >= 11 is 0. The number of phenolic OH excluding ortho intramolecular Hbond substituents is 1. The third-order valence-electron chi connectivity index (χ3n) is 7.62. The molecule has 4 nitrogen and oxygen atoms in total. The number of hydrogen-bond acceptors (Lipinski definition) is 3. The van der Waals surface area contributed by atoms with Crippen LogP contribution in [0.25, 0.3) is 39.0 Å². The number of phenols is 1. The maximum Gasteiger partial charge on any atom is 0.146 e. The summed E-state index contributed by atoms with van der Waals surface area (Å²) in [6.07, 6.45) is 0. The standard InChI is InChI=1S/C34H32N3OSi.Pt/c1-34(2,3)23-21-28(35-32(22-23)39(4,5)24-13-7-6-8-14-24)27-20-19-26-25-15-9-10-16-29(25)37(33(26)36-27)30-17-11-12-18-31(30)38;/h6-13,15-22,38H,1-5H3;/q-1;. The molecule has 3 heterocycles. The average molecular weight is 722 g/mol. The average Bonchev–Trinajstić information content (AvgIpc) is 3.26. The van der Waals surface area contributed by atoms with Gasteiger partial charge in [-0.1, -0.05) is 64.2 Å². The van der Waals surface area contributed by atoms with Crippen LogP contribution in [0, 0.1) is 6.07 Å². The Bertz CT molecular complexity index is 1840. The van der Waals surface area contributed by atoms with Gasteiger partial charge < -0.3 is 5.11 Å². The van der Waals surface area contributed by atoms with E-state index < -0.39 is 8.07 Å². The van der Waals surface area contributed by atoms with Gasteiger partial charge in [0.2, 0.25) is 0 Å². The minimum Gasteiger partial charge on any atom is -0.506 e. The van der Waals surface area contributed by atoms with E-state index in [0.29, 0.717) is 5.69 Å². The molecule has 0 unspecified atom stereocenters. The van der Waals surface area contributed by atoms with Crippen molar-refractivity contribution in [3.05, 3.63) is 109 Å². The molecule has 6 heteroatoms. The van der Waals surface area contributed by atoms with Crippen LogP contribution in [-0.4, -0.2) is 27.7 Å².